The number of benzene rings is 1. The van der Waals surface area contributed by atoms with Gasteiger partial charge in [-0.05, 0) is 25.3 Å². The molecular formula is C20H20N4O3S. The van der Waals surface area contributed by atoms with Crippen molar-refractivity contribution in [2.45, 2.75) is 38.6 Å². The normalized spacial score (nSPS) is 14.5. The summed E-state index contributed by atoms with van der Waals surface area (Å²) in [5.41, 5.74) is 3.00. The van der Waals surface area contributed by atoms with Gasteiger partial charge < -0.3 is 9.84 Å². The van der Waals surface area contributed by atoms with Gasteiger partial charge in [0.25, 0.3) is 5.91 Å². The molecular weight excluding hydrogens is 376 g/mol. The highest BCUT2D eigenvalue weighted by atomic mass is 32.1. The molecule has 1 saturated carbocycles. The van der Waals surface area contributed by atoms with E-state index in [0.29, 0.717) is 11.0 Å². The summed E-state index contributed by atoms with van der Waals surface area (Å²) in [5, 5.41) is 11.9. The summed E-state index contributed by atoms with van der Waals surface area (Å²) < 4.78 is 5.22. The first-order valence-corrected chi connectivity index (χ1v) is 9.98. The Morgan fingerprint density at radius 2 is 2.00 bits per heavy atom. The number of nitrogens with zero attached hydrogens (tertiary/aromatic N) is 2. The van der Waals surface area contributed by atoms with Gasteiger partial charge in [0.05, 0.1) is 11.7 Å². The number of hydrogen-bond acceptors (Lipinski definition) is 6. The molecule has 28 heavy (non-hydrogen) atoms. The molecule has 2 N–H and O–H groups in total. The van der Waals surface area contributed by atoms with E-state index in [9.17, 15) is 9.59 Å². The second-order valence-corrected chi connectivity index (χ2v) is 7.78. The lowest BCUT2D eigenvalue weighted by Gasteiger charge is -2.12. The zero-order valence-corrected chi connectivity index (χ0v) is 16.4. The van der Waals surface area contributed by atoms with Crippen LogP contribution in [-0.4, -0.2) is 22.0 Å². The molecule has 7 nitrogen and oxygen atoms in total. The molecule has 1 aliphatic rings. The summed E-state index contributed by atoms with van der Waals surface area (Å²) in [6.45, 7) is 3.44. The van der Waals surface area contributed by atoms with E-state index in [-0.39, 0.29) is 23.6 Å². The third-order valence-corrected chi connectivity index (χ3v) is 5.35. The van der Waals surface area contributed by atoms with Gasteiger partial charge in [-0.25, -0.2) is 4.98 Å². The van der Waals surface area contributed by atoms with Crippen LogP contribution >= 0.6 is 11.3 Å². The molecule has 144 valence electrons. The van der Waals surface area contributed by atoms with Crippen LogP contribution in [0.4, 0.5) is 5.13 Å². The predicted octanol–water partition coefficient (Wildman–Crippen LogP) is 4.12. The lowest BCUT2D eigenvalue weighted by Crippen LogP contribution is -2.23. The first-order chi connectivity index (χ1) is 13.5. The van der Waals surface area contributed by atoms with Gasteiger partial charge in [0.15, 0.2) is 10.8 Å². The summed E-state index contributed by atoms with van der Waals surface area (Å²) >= 11 is 1.35. The fourth-order valence-corrected chi connectivity index (χ4v) is 3.63. The van der Waals surface area contributed by atoms with E-state index < -0.39 is 0 Å². The summed E-state index contributed by atoms with van der Waals surface area (Å²) in [6.07, 6.45) is 2.18. The number of aromatic nitrogens is 2. The van der Waals surface area contributed by atoms with Crippen LogP contribution in [-0.2, 0) is 4.79 Å². The van der Waals surface area contributed by atoms with Crippen LogP contribution in [0.2, 0.25) is 0 Å². The van der Waals surface area contributed by atoms with Crippen LogP contribution < -0.4 is 10.6 Å². The molecule has 0 saturated heterocycles. The molecule has 1 unspecified atom stereocenters. The Balaban J connectivity index is 1.42. The topological polar surface area (TPSA) is 97.1 Å². The van der Waals surface area contributed by atoms with E-state index in [0.717, 1.165) is 35.4 Å². The SMILES string of the molecule is CC(=O)NC(C)c1ccc(-c2csc(NC(=O)c3cc(C4CC4)on3)n2)cc1. The van der Waals surface area contributed by atoms with Crippen LogP contribution in [0.5, 0.6) is 0 Å². The van der Waals surface area contributed by atoms with E-state index in [1.807, 2.05) is 36.6 Å². The molecule has 2 heterocycles. The summed E-state index contributed by atoms with van der Waals surface area (Å²) in [6, 6.07) is 9.47. The monoisotopic (exact) mass is 396 g/mol. The van der Waals surface area contributed by atoms with E-state index >= 15 is 0 Å². The molecule has 1 aromatic carbocycles. The molecule has 4 rings (SSSR count). The summed E-state index contributed by atoms with van der Waals surface area (Å²) in [4.78, 5) is 28.0. The van der Waals surface area contributed by atoms with Gasteiger partial charge in [0.2, 0.25) is 5.91 Å². The van der Waals surface area contributed by atoms with E-state index in [4.69, 9.17) is 4.52 Å². The first kappa shape index (κ1) is 18.4. The van der Waals surface area contributed by atoms with Gasteiger partial charge >= 0.3 is 0 Å². The molecule has 0 radical (unpaired) electrons. The van der Waals surface area contributed by atoms with Crippen molar-refractivity contribution in [3.8, 4) is 11.3 Å². The molecule has 0 spiro atoms. The van der Waals surface area contributed by atoms with Gasteiger partial charge in [-0.3, -0.25) is 14.9 Å². The molecule has 1 atom stereocenters. The van der Waals surface area contributed by atoms with E-state index in [1.54, 1.807) is 6.07 Å². The van der Waals surface area contributed by atoms with Crippen molar-refractivity contribution in [1.82, 2.24) is 15.5 Å². The number of carbonyl (C=O) groups is 2. The van der Waals surface area contributed by atoms with Crippen LogP contribution in [0.25, 0.3) is 11.3 Å². The van der Waals surface area contributed by atoms with Crippen molar-refractivity contribution >= 4 is 28.3 Å². The van der Waals surface area contributed by atoms with E-state index in [1.165, 1.54) is 18.3 Å². The van der Waals surface area contributed by atoms with Crippen molar-refractivity contribution in [3.05, 3.63) is 52.7 Å². The zero-order valence-electron chi connectivity index (χ0n) is 15.6. The molecule has 3 aromatic rings. The number of thiazole rings is 1. The lowest BCUT2D eigenvalue weighted by atomic mass is 10.1. The molecule has 8 heteroatoms. The average Bonchev–Trinajstić information content (AvgIpc) is 3.21. The third kappa shape index (κ3) is 4.12. The maximum absolute atomic E-state index is 12.3. The molecule has 1 fully saturated rings. The number of anilines is 1. The minimum absolute atomic E-state index is 0.0557. The number of amides is 2. The largest absolute Gasteiger partial charge is 0.360 e. The highest BCUT2D eigenvalue weighted by Gasteiger charge is 2.29. The van der Waals surface area contributed by atoms with Crippen LogP contribution in [0.1, 0.15) is 60.5 Å². The fourth-order valence-electron chi connectivity index (χ4n) is 2.91. The average molecular weight is 396 g/mol. The highest BCUT2D eigenvalue weighted by Crippen LogP contribution is 2.40. The van der Waals surface area contributed by atoms with Crippen molar-refractivity contribution in [2.75, 3.05) is 5.32 Å². The number of hydrogen-bond donors (Lipinski definition) is 2. The van der Waals surface area contributed by atoms with Crippen molar-refractivity contribution in [2.24, 2.45) is 0 Å². The van der Waals surface area contributed by atoms with Crippen molar-refractivity contribution in [1.29, 1.82) is 0 Å². The Kier molecular flexibility index (Phi) is 4.95. The Morgan fingerprint density at radius 1 is 1.25 bits per heavy atom. The third-order valence-electron chi connectivity index (χ3n) is 4.59. The van der Waals surface area contributed by atoms with Crippen LogP contribution in [0, 0.1) is 0 Å². The first-order valence-electron chi connectivity index (χ1n) is 9.10. The number of carbonyl (C=O) groups excluding carboxylic acids is 2. The number of nitrogens with one attached hydrogen (secondary N) is 2. The van der Waals surface area contributed by atoms with Crippen molar-refractivity contribution < 1.29 is 14.1 Å². The molecule has 1 aliphatic carbocycles. The zero-order chi connectivity index (χ0) is 19.7. The molecule has 0 bridgehead atoms. The second-order valence-electron chi connectivity index (χ2n) is 6.93. The Morgan fingerprint density at radius 3 is 2.68 bits per heavy atom. The van der Waals surface area contributed by atoms with Crippen LogP contribution in [0.15, 0.2) is 40.2 Å². The van der Waals surface area contributed by atoms with Gasteiger partial charge in [-0.15, -0.1) is 11.3 Å². The maximum atomic E-state index is 12.3. The van der Waals surface area contributed by atoms with Crippen molar-refractivity contribution in [3.63, 3.8) is 0 Å². The smallest absolute Gasteiger partial charge is 0.279 e. The predicted molar refractivity (Wildman–Crippen MR) is 106 cm³/mol. The van der Waals surface area contributed by atoms with Gasteiger partial charge in [-0.2, -0.15) is 0 Å². The van der Waals surface area contributed by atoms with Gasteiger partial charge in [0, 0.05) is 29.9 Å². The number of rotatable bonds is 6. The minimum atomic E-state index is -0.323. The van der Waals surface area contributed by atoms with Gasteiger partial charge in [-0.1, -0.05) is 29.4 Å². The summed E-state index contributed by atoms with van der Waals surface area (Å²) in [5.74, 6) is 0.805. The molecule has 2 amide bonds. The lowest BCUT2D eigenvalue weighted by molar-refractivity contribution is -0.119. The summed E-state index contributed by atoms with van der Waals surface area (Å²) in [7, 11) is 0. The molecule has 0 aliphatic heterocycles. The second kappa shape index (κ2) is 7.55. The van der Waals surface area contributed by atoms with Crippen LogP contribution in [0.3, 0.4) is 0 Å². The fraction of sp³-hybridized carbons (Fsp3) is 0.300. The maximum Gasteiger partial charge on any atom is 0.279 e. The Bertz CT molecular complexity index is 1000. The standard InChI is InChI=1S/C20H20N4O3S/c1-11(21-12(2)25)13-3-5-14(6-4-13)17-10-28-20(22-17)23-19(26)16-9-18(27-24-16)15-7-8-15/h3-6,9-11,15H,7-8H2,1-2H3,(H,21,25)(H,22,23,26). The van der Waals surface area contributed by atoms with Gasteiger partial charge in [0.1, 0.15) is 5.76 Å². The minimum Gasteiger partial charge on any atom is -0.360 e. The highest BCUT2D eigenvalue weighted by molar-refractivity contribution is 7.14. The Hall–Kier alpha value is -3.00. The molecule has 2 aromatic heterocycles. The van der Waals surface area contributed by atoms with E-state index in [2.05, 4.69) is 20.8 Å². The Labute approximate surface area is 166 Å². The quantitative estimate of drug-likeness (QED) is 0.653.